The second-order valence-electron chi connectivity index (χ2n) is 5.91. The first-order chi connectivity index (χ1) is 14.0. The first kappa shape index (κ1) is 21.0. The van der Waals surface area contributed by atoms with Crippen molar-refractivity contribution in [1.29, 1.82) is 0 Å². The molecule has 0 unspecified atom stereocenters. The molecule has 0 bridgehead atoms. The van der Waals surface area contributed by atoms with Crippen molar-refractivity contribution < 1.29 is 18.3 Å². The summed E-state index contributed by atoms with van der Waals surface area (Å²) in [6.45, 7) is 2.35. The van der Waals surface area contributed by atoms with Crippen molar-refractivity contribution in [2.45, 2.75) is 24.2 Å². The first-order valence-corrected chi connectivity index (χ1v) is 10.4. The van der Waals surface area contributed by atoms with Crippen LogP contribution < -0.4 is 10.1 Å². The minimum Gasteiger partial charge on any atom is -0.487 e. The summed E-state index contributed by atoms with van der Waals surface area (Å²) in [5.41, 5.74) is 2.05. The Hall–Kier alpha value is -2.71. The average molecular weight is 433 g/mol. The van der Waals surface area contributed by atoms with Crippen LogP contribution in [0.4, 0.5) is 14.5 Å². The Balaban J connectivity index is 1.55. The molecule has 0 atom stereocenters. The van der Waals surface area contributed by atoms with Crippen molar-refractivity contribution in [2.24, 2.45) is 0 Å². The van der Waals surface area contributed by atoms with Crippen LogP contribution in [0.1, 0.15) is 16.3 Å². The number of aromatic nitrogens is 1. The van der Waals surface area contributed by atoms with Crippen LogP contribution in [0.3, 0.4) is 0 Å². The topological polar surface area (TPSA) is 51.2 Å². The lowest BCUT2D eigenvalue weighted by Gasteiger charge is -2.08. The number of anilines is 1. The number of carbonyl (C=O) groups excluding carboxylic acids is 1. The zero-order chi connectivity index (χ0) is 20.6. The second-order valence-corrected chi connectivity index (χ2v) is 8.01. The van der Waals surface area contributed by atoms with Gasteiger partial charge in [-0.1, -0.05) is 36.0 Å². The van der Waals surface area contributed by atoms with Gasteiger partial charge in [-0.3, -0.25) is 4.79 Å². The molecule has 0 saturated heterocycles. The van der Waals surface area contributed by atoms with E-state index >= 15 is 0 Å². The van der Waals surface area contributed by atoms with Crippen LogP contribution in [-0.4, -0.2) is 16.6 Å². The van der Waals surface area contributed by atoms with Crippen molar-refractivity contribution in [1.82, 2.24) is 4.98 Å². The number of amides is 1. The van der Waals surface area contributed by atoms with Gasteiger partial charge in [0.15, 0.2) is 0 Å². The summed E-state index contributed by atoms with van der Waals surface area (Å²) >= 11 is 1.98. The molecule has 150 valence electrons. The summed E-state index contributed by atoms with van der Waals surface area (Å²) in [4.78, 5) is 16.8. The largest absolute Gasteiger partial charge is 0.487 e. The van der Waals surface area contributed by atoms with Gasteiger partial charge >= 0.3 is 0 Å². The maximum absolute atomic E-state index is 12.6. The molecule has 3 aromatic rings. The van der Waals surface area contributed by atoms with Crippen LogP contribution in [0.5, 0.6) is 5.75 Å². The molecule has 0 aliphatic rings. The Morgan fingerprint density at radius 1 is 1.24 bits per heavy atom. The molecule has 0 saturated carbocycles. The van der Waals surface area contributed by atoms with Crippen molar-refractivity contribution in [3.05, 3.63) is 76.3 Å². The number of alkyl halides is 2. The van der Waals surface area contributed by atoms with E-state index in [0.29, 0.717) is 34.7 Å². The van der Waals surface area contributed by atoms with E-state index in [4.69, 9.17) is 4.74 Å². The SMILES string of the molecule is Cc1nc(COc2ccc(/C=C/C(=O)Nc3ccccc3SC(F)F)cc2)cs1. The van der Waals surface area contributed by atoms with Gasteiger partial charge in [-0.15, -0.1) is 11.3 Å². The molecule has 0 aliphatic heterocycles. The van der Waals surface area contributed by atoms with E-state index in [-0.39, 0.29) is 0 Å². The number of hydrogen-bond donors (Lipinski definition) is 1. The molecule has 1 heterocycles. The van der Waals surface area contributed by atoms with E-state index in [1.807, 2.05) is 36.6 Å². The van der Waals surface area contributed by atoms with Gasteiger partial charge < -0.3 is 10.1 Å². The number of aryl methyl sites for hydroxylation is 1. The zero-order valence-electron chi connectivity index (χ0n) is 15.5. The van der Waals surface area contributed by atoms with E-state index < -0.39 is 11.7 Å². The Bertz CT molecular complexity index is 988. The maximum atomic E-state index is 12.6. The van der Waals surface area contributed by atoms with E-state index in [0.717, 1.165) is 16.3 Å². The summed E-state index contributed by atoms with van der Waals surface area (Å²) in [7, 11) is 0. The molecule has 0 aliphatic carbocycles. The molecule has 29 heavy (non-hydrogen) atoms. The number of benzene rings is 2. The van der Waals surface area contributed by atoms with E-state index in [2.05, 4.69) is 10.3 Å². The van der Waals surface area contributed by atoms with Crippen LogP contribution >= 0.6 is 23.1 Å². The molecule has 8 heteroatoms. The van der Waals surface area contributed by atoms with Crippen molar-refractivity contribution in [3.63, 3.8) is 0 Å². The fourth-order valence-electron chi connectivity index (χ4n) is 2.42. The van der Waals surface area contributed by atoms with Gasteiger partial charge in [-0.2, -0.15) is 8.78 Å². The number of thiazole rings is 1. The summed E-state index contributed by atoms with van der Waals surface area (Å²) in [5.74, 6) is -2.24. The fraction of sp³-hybridized carbons (Fsp3) is 0.143. The Kier molecular flexibility index (Phi) is 7.37. The minimum atomic E-state index is -2.55. The highest BCUT2D eigenvalue weighted by Gasteiger charge is 2.10. The standard InChI is InChI=1S/C21H18F2N2O2S2/c1-14-24-16(13-28-14)12-27-17-9-6-15(7-10-17)8-11-20(26)25-18-4-2-3-5-19(18)29-21(22)23/h2-11,13,21H,12H2,1H3,(H,25,26)/b11-8+. The van der Waals surface area contributed by atoms with E-state index in [9.17, 15) is 13.6 Å². The number of hydrogen-bond acceptors (Lipinski definition) is 5. The summed E-state index contributed by atoms with van der Waals surface area (Å²) in [6, 6.07) is 13.7. The lowest BCUT2D eigenvalue weighted by Crippen LogP contribution is -2.08. The molecule has 1 amide bonds. The van der Waals surface area contributed by atoms with Gasteiger partial charge in [0.25, 0.3) is 5.76 Å². The van der Waals surface area contributed by atoms with Gasteiger partial charge in [0.1, 0.15) is 12.4 Å². The van der Waals surface area contributed by atoms with Crippen molar-refractivity contribution >= 4 is 40.8 Å². The minimum absolute atomic E-state index is 0.320. The highest BCUT2D eigenvalue weighted by atomic mass is 32.2. The normalized spacial score (nSPS) is 11.2. The molecule has 3 rings (SSSR count). The molecule has 0 fully saturated rings. The molecule has 2 aromatic carbocycles. The van der Waals surface area contributed by atoms with Crippen LogP contribution in [0.2, 0.25) is 0 Å². The summed E-state index contributed by atoms with van der Waals surface area (Å²) < 4.78 is 30.9. The van der Waals surface area contributed by atoms with Crippen molar-refractivity contribution in [3.8, 4) is 5.75 Å². The predicted molar refractivity (Wildman–Crippen MR) is 114 cm³/mol. The highest BCUT2D eigenvalue weighted by Crippen LogP contribution is 2.31. The van der Waals surface area contributed by atoms with Gasteiger partial charge in [0.05, 0.1) is 16.4 Å². The van der Waals surface area contributed by atoms with E-state index in [1.165, 1.54) is 6.08 Å². The quantitative estimate of drug-likeness (QED) is 0.351. The number of rotatable bonds is 8. The Morgan fingerprint density at radius 2 is 2.00 bits per heavy atom. The Labute approximate surface area is 175 Å². The highest BCUT2D eigenvalue weighted by molar-refractivity contribution is 7.99. The molecule has 4 nitrogen and oxygen atoms in total. The molecular weight excluding hydrogens is 414 g/mol. The molecule has 1 N–H and O–H groups in total. The average Bonchev–Trinajstić information content (AvgIpc) is 3.12. The van der Waals surface area contributed by atoms with Gasteiger partial charge in [0, 0.05) is 16.4 Å². The van der Waals surface area contributed by atoms with Crippen LogP contribution in [0.25, 0.3) is 6.08 Å². The smallest absolute Gasteiger partial charge is 0.288 e. The van der Waals surface area contributed by atoms with Crippen LogP contribution in [-0.2, 0) is 11.4 Å². The monoisotopic (exact) mass is 432 g/mol. The number of nitrogens with zero attached hydrogens (tertiary/aromatic N) is 1. The lowest BCUT2D eigenvalue weighted by atomic mass is 10.2. The van der Waals surface area contributed by atoms with Crippen LogP contribution in [0, 0.1) is 6.92 Å². The fourth-order valence-corrected chi connectivity index (χ4v) is 3.61. The first-order valence-electron chi connectivity index (χ1n) is 8.66. The Morgan fingerprint density at radius 3 is 2.69 bits per heavy atom. The lowest BCUT2D eigenvalue weighted by molar-refractivity contribution is -0.111. The van der Waals surface area contributed by atoms with Crippen LogP contribution in [0.15, 0.2) is 64.9 Å². The third-order valence-electron chi connectivity index (χ3n) is 3.72. The van der Waals surface area contributed by atoms with Gasteiger partial charge in [0.2, 0.25) is 5.91 Å². The van der Waals surface area contributed by atoms with Crippen molar-refractivity contribution in [2.75, 3.05) is 5.32 Å². The summed E-state index contributed by atoms with van der Waals surface area (Å²) in [6.07, 6.45) is 3.00. The number of halogens is 2. The molecule has 0 radical (unpaired) electrons. The third-order valence-corrected chi connectivity index (χ3v) is 5.33. The van der Waals surface area contributed by atoms with Gasteiger partial charge in [-0.25, -0.2) is 4.98 Å². The third kappa shape index (κ3) is 6.69. The summed E-state index contributed by atoms with van der Waals surface area (Å²) in [5, 5.41) is 5.59. The zero-order valence-corrected chi connectivity index (χ0v) is 17.1. The molecular formula is C21H18F2N2O2S2. The number of thioether (sulfide) groups is 1. The second kappa shape index (κ2) is 10.2. The number of nitrogens with one attached hydrogen (secondary N) is 1. The molecule has 1 aromatic heterocycles. The predicted octanol–water partition coefficient (Wildman–Crippen LogP) is 6.00. The van der Waals surface area contributed by atoms with E-state index in [1.54, 1.807) is 41.7 Å². The maximum Gasteiger partial charge on any atom is 0.288 e. The number of carbonyl (C=O) groups is 1. The van der Waals surface area contributed by atoms with Gasteiger partial charge in [-0.05, 0) is 42.8 Å². The molecule has 0 spiro atoms. The number of para-hydroxylation sites is 1. The number of ether oxygens (including phenoxy) is 1.